The number of rotatable bonds is 3. The zero-order valence-corrected chi connectivity index (χ0v) is 11.7. The lowest BCUT2D eigenvalue weighted by Crippen LogP contribution is -2.44. The van der Waals surface area contributed by atoms with Crippen LogP contribution in [0, 0.1) is 6.92 Å². The maximum atomic E-state index is 4.60. The molecule has 19 heavy (non-hydrogen) atoms. The van der Waals surface area contributed by atoms with Crippen LogP contribution >= 0.6 is 0 Å². The molecule has 1 unspecified atom stereocenters. The maximum Gasteiger partial charge on any atom is 0.177 e. The van der Waals surface area contributed by atoms with Crippen LogP contribution in [0.4, 0.5) is 0 Å². The number of fused-ring (bicyclic) bond motifs is 1. The van der Waals surface area contributed by atoms with Gasteiger partial charge in [-0.25, -0.2) is 0 Å². The standard InChI is InChI=1S/C14H21N5/c1-3-7-14(8-4-9-15-10-14)13-17-16-12-6-5-11(2)18-19(12)13/h5-6,15H,3-4,7-10H2,1-2H3. The van der Waals surface area contributed by atoms with Crippen molar-refractivity contribution in [3.05, 3.63) is 23.7 Å². The van der Waals surface area contributed by atoms with Gasteiger partial charge >= 0.3 is 0 Å². The second kappa shape index (κ2) is 4.89. The van der Waals surface area contributed by atoms with Crippen molar-refractivity contribution in [2.75, 3.05) is 13.1 Å². The van der Waals surface area contributed by atoms with E-state index in [2.05, 4.69) is 27.5 Å². The summed E-state index contributed by atoms with van der Waals surface area (Å²) in [5.74, 6) is 1.03. The lowest BCUT2D eigenvalue weighted by molar-refractivity contribution is 0.271. The third-order valence-electron chi connectivity index (χ3n) is 4.07. The first-order valence-corrected chi connectivity index (χ1v) is 7.15. The number of hydrogen-bond donors (Lipinski definition) is 1. The summed E-state index contributed by atoms with van der Waals surface area (Å²) in [5.41, 5.74) is 1.94. The number of aryl methyl sites for hydroxylation is 1. The van der Waals surface area contributed by atoms with Crippen molar-refractivity contribution in [1.82, 2.24) is 25.1 Å². The Bertz CT molecular complexity index is 563. The predicted octanol–water partition coefficient (Wildman–Crippen LogP) is 1.85. The van der Waals surface area contributed by atoms with E-state index in [9.17, 15) is 0 Å². The van der Waals surface area contributed by atoms with Gasteiger partial charge in [0.1, 0.15) is 0 Å². The molecule has 1 N–H and O–H groups in total. The highest BCUT2D eigenvalue weighted by Crippen LogP contribution is 2.34. The first kappa shape index (κ1) is 12.5. The number of nitrogens with one attached hydrogen (secondary N) is 1. The van der Waals surface area contributed by atoms with Gasteiger partial charge in [-0.1, -0.05) is 13.3 Å². The molecule has 1 aliphatic rings. The van der Waals surface area contributed by atoms with Crippen LogP contribution in [0.2, 0.25) is 0 Å². The first-order chi connectivity index (χ1) is 9.25. The Morgan fingerprint density at radius 3 is 3.00 bits per heavy atom. The van der Waals surface area contributed by atoms with E-state index in [1.54, 1.807) is 0 Å². The summed E-state index contributed by atoms with van der Waals surface area (Å²) in [4.78, 5) is 0. The van der Waals surface area contributed by atoms with Crippen LogP contribution in [0.3, 0.4) is 0 Å². The normalized spacial score (nSPS) is 23.9. The highest BCUT2D eigenvalue weighted by molar-refractivity contribution is 5.37. The summed E-state index contributed by atoms with van der Waals surface area (Å²) < 4.78 is 1.94. The molecule has 102 valence electrons. The molecule has 1 aliphatic heterocycles. The molecular weight excluding hydrogens is 238 g/mol. The van der Waals surface area contributed by atoms with E-state index in [4.69, 9.17) is 0 Å². The molecule has 3 rings (SSSR count). The van der Waals surface area contributed by atoms with Crippen LogP contribution in [0.1, 0.15) is 44.1 Å². The monoisotopic (exact) mass is 259 g/mol. The summed E-state index contributed by atoms with van der Waals surface area (Å²) in [6, 6.07) is 3.98. The van der Waals surface area contributed by atoms with Crippen molar-refractivity contribution in [1.29, 1.82) is 0 Å². The average Bonchev–Trinajstić information content (AvgIpc) is 2.83. The van der Waals surface area contributed by atoms with Gasteiger partial charge in [-0.3, -0.25) is 0 Å². The van der Waals surface area contributed by atoms with E-state index in [1.165, 1.54) is 12.8 Å². The molecule has 0 amide bonds. The van der Waals surface area contributed by atoms with Gasteiger partial charge in [0.25, 0.3) is 0 Å². The zero-order chi connectivity index (χ0) is 13.3. The van der Waals surface area contributed by atoms with Gasteiger partial charge in [-0.2, -0.15) is 9.61 Å². The third-order valence-corrected chi connectivity index (χ3v) is 4.07. The topological polar surface area (TPSA) is 55.1 Å². The van der Waals surface area contributed by atoms with E-state index < -0.39 is 0 Å². The van der Waals surface area contributed by atoms with E-state index in [0.717, 1.165) is 43.1 Å². The molecule has 2 aromatic rings. The van der Waals surface area contributed by atoms with Crippen LogP contribution in [-0.4, -0.2) is 32.9 Å². The van der Waals surface area contributed by atoms with E-state index >= 15 is 0 Å². The minimum atomic E-state index is 0.0905. The van der Waals surface area contributed by atoms with Crippen molar-refractivity contribution in [3.8, 4) is 0 Å². The Morgan fingerprint density at radius 2 is 2.26 bits per heavy atom. The second-order valence-electron chi connectivity index (χ2n) is 5.58. The number of aromatic nitrogens is 4. The van der Waals surface area contributed by atoms with Crippen molar-refractivity contribution < 1.29 is 0 Å². The summed E-state index contributed by atoms with van der Waals surface area (Å²) in [5, 5.41) is 16.9. The van der Waals surface area contributed by atoms with Crippen LogP contribution in [-0.2, 0) is 5.41 Å². The predicted molar refractivity (Wildman–Crippen MR) is 74.2 cm³/mol. The molecule has 1 fully saturated rings. The fraction of sp³-hybridized carbons (Fsp3) is 0.643. The molecule has 0 radical (unpaired) electrons. The van der Waals surface area contributed by atoms with Gasteiger partial charge in [0, 0.05) is 12.0 Å². The quantitative estimate of drug-likeness (QED) is 0.914. The Balaban J connectivity index is 2.11. The highest BCUT2D eigenvalue weighted by Gasteiger charge is 2.37. The van der Waals surface area contributed by atoms with Gasteiger partial charge in [0.05, 0.1) is 5.69 Å². The van der Waals surface area contributed by atoms with Crippen LogP contribution in [0.5, 0.6) is 0 Å². The molecular formula is C14H21N5. The third kappa shape index (κ3) is 2.12. The van der Waals surface area contributed by atoms with Gasteiger partial charge in [0.15, 0.2) is 11.5 Å². The molecule has 5 heteroatoms. The number of hydrogen-bond acceptors (Lipinski definition) is 4. The van der Waals surface area contributed by atoms with E-state index in [-0.39, 0.29) is 5.41 Å². The Morgan fingerprint density at radius 1 is 1.37 bits per heavy atom. The van der Waals surface area contributed by atoms with Gasteiger partial charge in [-0.05, 0) is 44.9 Å². The van der Waals surface area contributed by atoms with Crippen LogP contribution in [0.25, 0.3) is 5.65 Å². The number of piperidine rings is 1. The molecule has 0 aliphatic carbocycles. The molecule has 3 heterocycles. The molecule has 0 spiro atoms. The van der Waals surface area contributed by atoms with Gasteiger partial charge in [-0.15, -0.1) is 10.2 Å². The number of nitrogens with zero attached hydrogens (tertiary/aromatic N) is 4. The van der Waals surface area contributed by atoms with Crippen molar-refractivity contribution in [3.63, 3.8) is 0 Å². The second-order valence-corrected chi connectivity index (χ2v) is 5.58. The largest absolute Gasteiger partial charge is 0.316 e. The van der Waals surface area contributed by atoms with Crippen LogP contribution in [0.15, 0.2) is 12.1 Å². The zero-order valence-electron chi connectivity index (χ0n) is 11.7. The maximum absolute atomic E-state index is 4.60. The Hall–Kier alpha value is -1.49. The summed E-state index contributed by atoms with van der Waals surface area (Å²) in [7, 11) is 0. The lowest BCUT2D eigenvalue weighted by Gasteiger charge is -2.35. The molecule has 1 atom stereocenters. The van der Waals surface area contributed by atoms with Crippen molar-refractivity contribution in [2.24, 2.45) is 0 Å². The SMILES string of the molecule is CCCC1(c2nnc3ccc(C)nn23)CCCNC1. The van der Waals surface area contributed by atoms with Crippen LogP contribution < -0.4 is 5.32 Å². The Labute approximate surface area is 113 Å². The summed E-state index contributed by atoms with van der Waals surface area (Å²) in [6.07, 6.45) is 4.66. The Kier molecular flexibility index (Phi) is 3.22. The van der Waals surface area contributed by atoms with Crippen molar-refractivity contribution >= 4 is 5.65 Å². The fourth-order valence-electron chi connectivity index (χ4n) is 3.17. The fourth-order valence-corrected chi connectivity index (χ4v) is 3.17. The average molecular weight is 259 g/mol. The van der Waals surface area contributed by atoms with Crippen molar-refractivity contribution in [2.45, 2.75) is 44.9 Å². The minimum Gasteiger partial charge on any atom is -0.316 e. The summed E-state index contributed by atoms with van der Waals surface area (Å²) >= 11 is 0. The smallest absolute Gasteiger partial charge is 0.177 e. The molecule has 1 saturated heterocycles. The molecule has 5 nitrogen and oxygen atoms in total. The first-order valence-electron chi connectivity index (χ1n) is 7.15. The lowest BCUT2D eigenvalue weighted by atomic mass is 9.76. The van der Waals surface area contributed by atoms with E-state index in [1.807, 2.05) is 23.6 Å². The van der Waals surface area contributed by atoms with Gasteiger partial charge in [0.2, 0.25) is 0 Å². The molecule has 2 aromatic heterocycles. The minimum absolute atomic E-state index is 0.0905. The summed E-state index contributed by atoms with van der Waals surface area (Å²) in [6.45, 7) is 6.33. The molecule has 0 aromatic carbocycles. The van der Waals surface area contributed by atoms with Gasteiger partial charge < -0.3 is 5.32 Å². The highest BCUT2D eigenvalue weighted by atomic mass is 15.4. The molecule has 0 saturated carbocycles. The van der Waals surface area contributed by atoms with E-state index in [0.29, 0.717) is 0 Å². The molecule has 0 bridgehead atoms.